The third-order valence-electron chi connectivity index (χ3n) is 6.24. The van der Waals surface area contributed by atoms with Crippen molar-refractivity contribution in [2.45, 2.75) is 19.1 Å². The number of nitrogens with zero attached hydrogens (tertiary/aromatic N) is 6. The van der Waals surface area contributed by atoms with E-state index in [4.69, 9.17) is 4.98 Å². The molecule has 0 radical (unpaired) electrons. The van der Waals surface area contributed by atoms with Crippen LogP contribution in [0.2, 0.25) is 0 Å². The van der Waals surface area contributed by atoms with Gasteiger partial charge in [-0.2, -0.15) is 0 Å². The van der Waals surface area contributed by atoms with E-state index in [2.05, 4.69) is 21.4 Å². The molecule has 1 fully saturated rings. The number of hydrogen-bond acceptors (Lipinski definition) is 6. The van der Waals surface area contributed by atoms with Crippen LogP contribution >= 0.6 is 0 Å². The first-order chi connectivity index (χ1) is 16.6. The van der Waals surface area contributed by atoms with Gasteiger partial charge in [0.05, 0.1) is 23.9 Å². The van der Waals surface area contributed by atoms with E-state index in [-0.39, 0.29) is 5.91 Å². The average Bonchev–Trinajstić information content (AvgIpc) is 3.49. The molecule has 3 aromatic heterocycles. The van der Waals surface area contributed by atoms with Gasteiger partial charge in [-0.15, -0.1) is 5.10 Å². The van der Waals surface area contributed by atoms with Gasteiger partial charge < -0.3 is 10.0 Å². The fourth-order valence-corrected chi connectivity index (χ4v) is 4.41. The van der Waals surface area contributed by atoms with E-state index in [1.807, 2.05) is 60.7 Å². The summed E-state index contributed by atoms with van der Waals surface area (Å²) < 4.78 is 1.80. The Morgan fingerprint density at radius 3 is 2.71 bits per heavy atom. The Hall–Kier alpha value is -4.17. The van der Waals surface area contributed by atoms with E-state index in [9.17, 15) is 9.90 Å². The van der Waals surface area contributed by atoms with Crippen LogP contribution in [0.1, 0.15) is 22.3 Å². The van der Waals surface area contributed by atoms with Crippen LogP contribution in [0, 0.1) is 0 Å². The Labute approximate surface area is 195 Å². The minimum absolute atomic E-state index is 0.0561. The highest BCUT2D eigenvalue weighted by Gasteiger charge is 2.25. The van der Waals surface area contributed by atoms with E-state index in [0.29, 0.717) is 37.3 Å². The summed E-state index contributed by atoms with van der Waals surface area (Å²) in [5.74, 6) is -0.0561. The first-order valence-corrected chi connectivity index (χ1v) is 11.3. The molecule has 1 N–H and O–H groups in total. The number of carbonyl (C=O) groups excluding carboxylic acids is 1. The SMILES string of the molecule is O=C(c1ccc(-c2ccc3nnn(Cc4ccc5ncccc5c4)c3n2)cc1)N1CCC(O)C1. The van der Waals surface area contributed by atoms with Crippen LogP contribution < -0.4 is 0 Å². The Balaban J connectivity index is 1.27. The van der Waals surface area contributed by atoms with Gasteiger partial charge in [0, 0.05) is 35.8 Å². The average molecular weight is 451 g/mol. The normalized spacial score (nSPS) is 15.9. The number of rotatable bonds is 4. The van der Waals surface area contributed by atoms with Crippen LogP contribution in [-0.4, -0.2) is 60.1 Å². The van der Waals surface area contributed by atoms with Crippen molar-refractivity contribution >= 4 is 28.0 Å². The zero-order valence-electron chi connectivity index (χ0n) is 18.4. The maximum Gasteiger partial charge on any atom is 0.253 e. The van der Waals surface area contributed by atoms with Gasteiger partial charge in [0.2, 0.25) is 0 Å². The molecule has 0 spiro atoms. The van der Waals surface area contributed by atoms with Crippen molar-refractivity contribution in [1.29, 1.82) is 0 Å². The van der Waals surface area contributed by atoms with Gasteiger partial charge >= 0.3 is 0 Å². The molecule has 8 nitrogen and oxygen atoms in total. The minimum atomic E-state index is -0.427. The summed E-state index contributed by atoms with van der Waals surface area (Å²) >= 11 is 0. The van der Waals surface area contributed by atoms with Crippen molar-refractivity contribution < 1.29 is 9.90 Å². The third kappa shape index (κ3) is 3.78. The Kier molecular flexibility index (Phi) is 5.00. The van der Waals surface area contributed by atoms with Crippen molar-refractivity contribution in [3.8, 4) is 11.3 Å². The van der Waals surface area contributed by atoms with Gasteiger partial charge in [-0.1, -0.05) is 29.5 Å². The predicted octanol–water partition coefficient (Wildman–Crippen LogP) is 3.30. The van der Waals surface area contributed by atoms with E-state index < -0.39 is 6.10 Å². The molecule has 1 unspecified atom stereocenters. The molecule has 2 aromatic carbocycles. The van der Waals surface area contributed by atoms with Crippen LogP contribution in [0.4, 0.5) is 0 Å². The van der Waals surface area contributed by atoms with E-state index in [0.717, 1.165) is 33.2 Å². The van der Waals surface area contributed by atoms with Gasteiger partial charge in [-0.05, 0) is 54.4 Å². The van der Waals surface area contributed by atoms with Gasteiger partial charge in [0.25, 0.3) is 5.91 Å². The monoisotopic (exact) mass is 450 g/mol. The van der Waals surface area contributed by atoms with E-state index in [1.54, 1.807) is 15.8 Å². The predicted molar refractivity (Wildman–Crippen MR) is 128 cm³/mol. The number of carbonyl (C=O) groups is 1. The summed E-state index contributed by atoms with van der Waals surface area (Å²) in [7, 11) is 0. The van der Waals surface area contributed by atoms with E-state index >= 15 is 0 Å². The standard InChI is InChI=1S/C26H22N6O2/c33-21-11-13-31(16-21)26(34)19-6-4-18(5-7-19)23-9-10-24-25(28-23)32(30-29-24)15-17-3-8-22-20(14-17)2-1-12-27-22/h1-10,12,14,21,33H,11,13,15-16H2. The lowest BCUT2D eigenvalue weighted by molar-refractivity contribution is 0.0765. The highest BCUT2D eigenvalue weighted by Crippen LogP contribution is 2.23. The third-order valence-corrected chi connectivity index (χ3v) is 6.24. The number of fused-ring (bicyclic) bond motifs is 2. The number of benzene rings is 2. The highest BCUT2D eigenvalue weighted by molar-refractivity contribution is 5.95. The van der Waals surface area contributed by atoms with Gasteiger partial charge in [-0.25, -0.2) is 9.67 Å². The van der Waals surface area contributed by atoms with Gasteiger partial charge in [0.15, 0.2) is 5.65 Å². The number of pyridine rings is 2. The molecule has 1 aliphatic heterocycles. The largest absolute Gasteiger partial charge is 0.391 e. The lowest BCUT2D eigenvalue weighted by Crippen LogP contribution is -2.29. The molecule has 0 bridgehead atoms. The fraction of sp³-hybridized carbons (Fsp3) is 0.192. The van der Waals surface area contributed by atoms with Crippen LogP contribution in [0.25, 0.3) is 33.3 Å². The number of likely N-dealkylation sites (tertiary alicyclic amines) is 1. The number of aromatic nitrogens is 5. The molecular formula is C26H22N6O2. The second-order valence-corrected chi connectivity index (χ2v) is 8.59. The molecule has 8 heteroatoms. The Morgan fingerprint density at radius 2 is 1.88 bits per heavy atom. The van der Waals surface area contributed by atoms with Gasteiger partial charge in [0.1, 0.15) is 5.52 Å². The first-order valence-electron chi connectivity index (χ1n) is 11.3. The number of aliphatic hydroxyl groups excluding tert-OH is 1. The lowest BCUT2D eigenvalue weighted by atomic mass is 10.1. The molecule has 6 rings (SSSR count). The first kappa shape index (κ1) is 20.4. The Morgan fingerprint density at radius 1 is 1.03 bits per heavy atom. The summed E-state index contributed by atoms with van der Waals surface area (Å²) in [5, 5.41) is 19.4. The summed E-state index contributed by atoms with van der Waals surface area (Å²) in [6.45, 7) is 1.53. The van der Waals surface area contributed by atoms with Crippen LogP contribution in [0.15, 0.2) is 72.9 Å². The zero-order chi connectivity index (χ0) is 23.1. The van der Waals surface area contributed by atoms with Crippen LogP contribution in [-0.2, 0) is 6.54 Å². The maximum absolute atomic E-state index is 12.7. The minimum Gasteiger partial charge on any atom is -0.391 e. The molecular weight excluding hydrogens is 428 g/mol. The molecule has 0 saturated carbocycles. The second kappa shape index (κ2) is 8.31. The summed E-state index contributed by atoms with van der Waals surface area (Å²) in [6, 6.07) is 21.4. The molecule has 1 atom stereocenters. The molecule has 168 valence electrons. The molecule has 0 aliphatic carbocycles. The molecule has 5 aromatic rings. The van der Waals surface area contributed by atoms with Crippen molar-refractivity contribution in [1.82, 2.24) is 29.9 Å². The van der Waals surface area contributed by atoms with Crippen LogP contribution in [0.5, 0.6) is 0 Å². The van der Waals surface area contributed by atoms with E-state index in [1.165, 1.54) is 0 Å². The smallest absolute Gasteiger partial charge is 0.253 e. The summed E-state index contributed by atoms with van der Waals surface area (Å²) in [6.07, 6.45) is 1.99. The number of hydrogen-bond donors (Lipinski definition) is 1. The van der Waals surface area contributed by atoms with Crippen molar-refractivity contribution in [3.05, 3.63) is 84.1 Å². The maximum atomic E-state index is 12.7. The lowest BCUT2D eigenvalue weighted by Gasteiger charge is -2.15. The molecule has 1 amide bonds. The number of β-amino-alcohol motifs (C(OH)–C–C–N with tert-alkyl or cyclic N) is 1. The summed E-state index contributed by atoms with van der Waals surface area (Å²) in [5.41, 5.74) is 5.78. The van der Waals surface area contributed by atoms with Crippen LogP contribution in [0.3, 0.4) is 0 Å². The summed E-state index contributed by atoms with van der Waals surface area (Å²) in [4.78, 5) is 23.5. The number of amides is 1. The quantitative estimate of drug-likeness (QED) is 0.451. The van der Waals surface area contributed by atoms with Crippen molar-refractivity contribution in [2.75, 3.05) is 13.1 Å². The van der Waals surface area contributed by atoms with Crippen molar-refractivity contribution in [2.24, 2.45) is 0 Å². The molecule has 1 saturated heterocycles. The molecule has 4 heterocycles. The molecule has 34 heavy (non-hydrogen) atoms. The highest BCUT2D eigenvalue weighted by atomic mass is 16.3. The topological polar surface area (TPSA) is 97.0 Å². The van der Waals surface area contributed by atoms with Gasteiger partial charge in [-0.3, -0.25) is 9.78 Å². The van der Waals surface area contributed by atoms with Crippen molar-refractivity contribution in [3.63, 3.8) is 0 Å². The Bertz CT molecular complexity index is 1510. The number of aliphatic hydroxyl groups is 1. The molecule has 1 aliphatic rings. The second-order valence-electron chi connectivity index (χ2n) is 8.59. The fourth-order valence-electron chi connectivity index (χ4n) is 4.41. The zero-order valence-corrected chi connectivity index (χ0v) is 18.4.